The quantitative estimate of drug-likeness (QED) is 0.153. The number of hydrogen-bond acceptors (Lipinski definition) is 3. The van der Waals surface area contributed by atoms with Crippen molar-refractivity contribution in [3.63, 3.8) is 0 Å². The number of aromatic nitrogens is 1. The summed E-state index contributed by atoms with van der Waals surface area (Å²) in [4.78, 5) is 7.36. The van der Waals surface area contributed by atoms with E-state index in [2.05, 4.69) is 248 Å². The van der Waals surface area contributed by atoms with Gasteiger partial charge in [0.2, 0.25) is 5.89 Å². The molecule has 12 rings (SSSR count). The summed E-state index contributed by atoms with van der Waals surface area (Å²) in [5, 5.41) is 6.97. The van der Waals surface area contributed by atoms with Crippen LogP contribution in [0.3, 0.4) is 0 Å². The van der Waals surface area contributed by atoms with E-state index in [9.17, 15) is 0 Å². The molecule has 0 saturated heterocycles. The van der Waals surface area contributed by atoms with Gasteiger partial charge in [-0.1, -0.05) is 182 Å². The van der Waals surface area contributed by atoms with Crippen LogP contribution in [0.1, 0.15) is 0 Å². The van der Waals surface area contributed by atoms with Crippen molar-refractivity contribution in [2.24, 2.45) is 0 Å². The Hall–Kier alpha value is -8.53. The summed E-state index contributed by atoms with van der Waals surface area (Å²) in [5.41, 5.74) is 15.0. The third kappa shape index (κ3) is 6.77. The number of fused-ring (bicyclic) bond motifs is 5. The lowest BCUT2D eigenvalue weighted by atomic mass is 9.90. The molecule has 1 aromatic heterocycles. The fraction of sp³-hybridized carbons (Fsp3) is 0. The normalized spacial score (nSPS) is 11.4. The van der Waals surface area contributed by atoms with Gasteiger partial charge >= 0.3 is 0 Å². The number of oxazole rings is 1. The topological polar surface area (TPSA) is 29.3 Å². The molecule has 11 aromatic carbocycles. The van der Waals surface area contributed by atoms with Crippen molar-refractivity contribution in [3.05, 3.63) is 243 Å². The van der Waals surface area contributed by atoms with Gasteiger partial charge in [0.15, 0.2) is 5.58 Å². The first kappa shape index (κ1) is 37.2. The molecule has 12 aromatic rings. The highest BCUT2D eigenvalue weighted by atomic mass is 16.3. The van der Waals surface area contributed by atoms with Gasteiger partial charge in [0.25, 0.3) is 0 Å². The van der Waals surface area contributed by atoms with E-state index in [0.29, 0.717) is 5.89 Å². The average molecular weight is 817 g/mol. The summed E-state index contributed by atoms with van der Waals surface area (Å²) in [6.45, 7) is 0. The first-order valence-electron chi connectivity index (χ1n) is 21.8. The zero-order chi connectivity index (χ0) is 42.4. The number of nitrogens with zero attached hydrogens (tertiary/aromatic N) is 2. The molecule has 300 valence electrons. The fourth-order valence-electron chi connectivity index (χ4n) is 9.26. The first-order valence-corrected chi connectivity index (χ1v) is 21.8. The summed E-state index contributed by atoms with van der Waals surface area (Å²) in [7, 11) is 0. The number of anilines is 3. The molecule has 0 aliphatic carbocycles. The third-order valence-corrected chi connectivity index (χ3v) is 12.5. The van der Waals surface area contributed by atoms with Crippen molar-refractivity contribution in [1.82, 2.24) is 4.98 Å². The minimum Gasteiger partial charge on any atom is -0.435 e. The van der Waals surface area contributed by atoms with Crippen LogP contribution >= 0.6 is 0 Å². The smallest absolute Gasteiger partial charge is 0.227 e. The van der Waals surface area contributed by atoms with E-state index in [-0.39, 0.29) is 0 Å². The molecule has 0 spiro atoms. The largest absolute Gasteiger partial charge is 0.435 e. The second-order valence-electron chi connectivity index (χ2n) is 16.4. The Balaban J connectivity index is 0.999. The Morgan fingerprint density at radius 1 is 0.297 bits per heavy atom. The van der Waals surface area contributed by atoms with E-state index < -0.39 is 0 Å². The van der Waals surface area contributed by atoms with E-state index in [4.69, 9.17) is 9.40 Å². The van der Waals surface area contributed by atoms with E-state index in [1.165, 1.54) is 32.8 Å². The Morgan fingerprint density at radius 2 is 0.859 bits per heavy atom. The molecule has 0 saturated carbocycles. The maximum Gasteiger partial charge on any atom is 0.227 e. The highest BCUT2D eigenvalue weighted by Crippen LogP contribution is 2.44. The predicted molar refractivity (Wildman–Crippen MR) is 268 cm³/mol. The van der Waals surface area contributed by atoms with E-state index in [0.717, 1.165) is 77.7 Å². The Kier molecular flexibility index (Phi) is 9.16. The molecule has 3 nitrogen and oxygen atoms in total. The average Bonchev–Trinajstić information content (AvgIpc) is 3.82. The van der Waals surface area contributed by atoms with Crippen LogP contribution in [0.2, 0.25) is 0 Å². The van der Waals surface area contributed by atoms with Gasteiger partial charge in [-0.2, -0.15) is 0 Å². The van der Waals surface area contributed by atoms with Gasteiger partial charge in [-0.05, 0) is 132 Å². The van der Waals surface area contributed by atoms with Crippen molar-refractivity contribution in [2.75, 3.05) is 4.90 Å². The zero-order valence-electron chi connectivity index (χ0n) is 34.9. The molecule has 0 aliphatic rings. The van der Waals surface area contributed by atoms with E-state index in [1.54, 1.807) is 0 Å². The SMILES string of the molecule is c1ccc(-c2cccc(N(c3ccc(-c4ccc5ccccc5c4)cc3)c3ccc(-c4cccc5c4ccc4nc(-c6ccc7ccccc7c6)oc45)c(-c4ccccc4)c3)c2)cc1. The van der Waals surface area contributed by atoms with E-state index >= 15 is 0 Å². The van der Waals surface area contributed by atoms with Crippen LogP contribution in [0.5, 0.6) is 0 Å². The maximum atomic E-state index is 6.65. The van der Waals surface area contributed by atoms with Crippen LogP contribution in [-0.2, 0) is 0 Å². The standard InChI is InChI=1S/C61H40N2O/c1-3-13-41(14-4-1)48-21-11-22-52(39-48)63(51-31-29-44(30-32-51)49-27-25-42-15-7-9-19-46(42)37-49)53-33-34-56(58(40-53)45-17-5-2-6-18-45)54-23-12-24-57-55(54)35-36-59-60(57)64-61(62-59)50-28-26-43-16-8-10-20-47(43)38-50/h1-40H. The fourth-order valence-corrected chi connectivity index (χ4v) is 9.26. The summed E-state index contributed by atoms with van der Waals surface area (Å²) < 4.78 is 6.65. The van der Waals surface area contributed by atoms with Gasteiger partial charge in [0.1, 0.15) is 5.52 Å². The summed E-state index contributed by atoms with van der Waals surface area (Å²) in [6.07, 6.45) is 0. The van der Waals surface area contributed by atoms with Gasteiger partial charge in [-0.25, -0.2) is 4.98 Å². The zero-order valence-corrected chi connectivity index (χ0v) is 34.9. The van der Waals surface area contributed by atoms with Crippen LogP contribution in [0, 0.1) is 0 Å². The van der Waals surface area contributed by atoms with Crippen LogP contribution < -0.4 is 4.90 Å². The molecule has 0 atom stereocenters. The van der Waals surface area contributed by atoms with Gasteiger partial charge in [-0.15, -0.1) is 0 Å². The van der Waals surface area contributed by atoms with E-state index in [1.807, 2.05) is 0 Å². The summed E-state index contributed by atoms with van der Waals surface area (Å²) >= 11 is 0. The molecule has 64 heavy (non-hydrogen) atoms. The number of hydrogen-bond donors (Lipinski definition) is 0. The second-order valence-corrected chi connectivity index (χ2v) is 16.4. The van der Waals surface area contributed by atoms with Crippen molar-refractivity contribution in [3.8, 4) is 56.0 Å². The van der Waals surface area contributed by atoms with Crippen LogP contribution in [0.15, 0.2) is 247 Å². The maximum absolute atomic E-state index is 6.65. The molecule has 3 heteroatoms. The predicted octanol–water partition coefficient (Wildman–Crippen LogP) is 17.1. The first-order chi connectivity index (χ1) is 31.7. The molecular weight excluding hydrogens is 777 g/mol. The molecule has 0 radical (unpaired) electrons. The lowest BCUT2D eigenvalue weighted by Crippen LogP contribution is -2.10. The Labute approximate surface area is 371 Å². The monoisotopic (exact) mass is 816 g/mol. The Morgan fingerprint density at radius 3 is 1.61 bits per heavy atom. The van der Waals surface area contributed by atoms with Gasteiger partial charge < -0.3 is 9.32 Å². The molecule has 0 N–H and O–H groups in total. The number of benzene rings is 11. The molecular formula is C61H40N2O. The number of rotatable bonds is 8. The lowest BCUT2D eigenvalue weighted by Gasteiger charge is -2.27. The van der Waals surface area contributed by atoms with Crippen LogP contribution in [0.4, 0.5) is 17.1 Å². The highest BCUT2D eigenvalue weighted by molar-refractivity contribution is 6.11. The van der Waals surface area contributed by atoms with Crippen molar-refractivity contribution in [1.29, 1.82) is 0 Å². The molecule has 0 aliphatic heterocycles. The van der Waals surface area contributed by atoms with Crippen LogP contribution in [-0.4, -0.2) is 4.98 Å². The highest BCUT2D eigenvalue weighted by Gasteiger charge is 2.20. The van der Waals surface area contributed by atoms with Crippen molar-refractivity contribution < 1.29 is 4.42 Å². The lowest BCUT2D eigenvalue weighted by molar-refractivity contribution is 0.623. The minimum absolute atomic E-state index is 0.620. The Bertz CT molecular complexity index is 3670. The van der Waals surface area contributed by atoms with Crippen LogP contribution in [0.25, 0.3) is 99.4 Å². The molecule has 0 bridgehead atoms. The van der Waals surface area contributed by atoms with Crippen molar-refractivity contribution >= 4 is 60.5 Å². The summed E-state index contributed by atoms with van der Waals surface area (Å²) in [5.74, 6) is 0.620. The third-order valence-electron chi connectivity index (χ3n) is 12.5. The van der Waals surface area contributed by atoms with Gasteiger partial charge in [0.05, 0.1) is 0 Å². The molecule has 0 fully saturated rings. The van der Waals surface area contributed by atoms with Gasteiger partial charge in [0, 0.05) is 28.0 Å². The summed E-state index contributed by atoms with van der Waals surface area (Å²) in [6, 6.07) is 86.9. The van der Waals surface area contributed by atoms with Crippen molar-refractivity contribution in [2.45, 2.75) is 0 Å². The van der Waals surface area contributed by atoms with Gasteiger partial charge in [-0.3, -0.25) is 0 Å². The molecule has 0 amide bonds. The molecule has 1 heterocycles. The molecule has 0 unspecified atom stereocenters. The second kappa shape index (κ2) is 15.7. The minimum atomic E-state index is 0.620.